The third kappa shape index (κ3) is 1.06. The van der Waals surface area contributed by atoms with E-state index in [2.05, 4.69) is 27.7 Å². The minimum Gasteiger partial charge on any atom is -0.462 e. The second-order valence-corrected chi connectivity index (χ2v) is 5.59. The molecule has 0 aromatic rings. The van der Waals surface area contributed by atoms with Crippen LogP contribution in [0.1, 0.15) is 40.0 Å². The monoisotopic (exact) mass is 195 g/mol. The van der Waals surface area contributed by atoms with E-state index in [0.29, 0.717) is 5.41 Å². The highest BCUT2D eigenvalue weighted by atomic mass is 16.5. The predicted octanol–water partition coefficient (Wildman–Crippen LogP) is 2.58. The van der Waals surface area contributed by atoms with Crippen LogP contribution in [0.2, 0.25) is 0 Å². The van der Waals surface area contributed by atoms with Crippen LogP contribution in [0.15, 0.2) is 0 Å². The van der Waals surface area contributed by atoms with E-state index in [-0.39, 0.29) is 17.5 Å². The van der Waals surface area contributed by atoms with Gasteiger partial charge in [0.25, 0.3) is 0 Å². The molecular weight excluding hydrogens is 176 g/mol. The maximum absolute atomic E-state index is 10.9. The van der Waals surface area contributed by atoms with Gasteiger partial charge in [0.15, 0.2) is 0 Å². The van der Waals surface area contributed by atoms with Crippen LogP contribution >= 0.6 is 0 Å². The zero-order valence-electron chi connectivity index (χ0n) is 9.30. The molecule has 2 heteroatoms. The van der Waals surface area contributed by atoms with Crippen molar-refractivity contribution in [3.8, 4) is 0 Å². The number of esters is 1. The second kappa shape index (κ2) is 2.74. The second-order valence-electron chi connectivity index (χ2n) is 5.59. The van der Waals surface area contributed by atoms with E-state index >= 15 is 0 Å². The third-order valence-corrected chi connectivity index (χ3v) is 4.99. The molecule has 2 fully saturated rings. The van der Waals surface area contributed by atoms with E-state index in [1.54, 1.807) is 0 Å². The van der Waals surface area contributed by atoms with Crippen molar-refractivity contribution in [2.75, 3.05) is 0 Å². The molecule has 2 rings (SSSR count). The fourth-order valence-corrected chi connectivity index (χ4v) is 3.47. The van der Waals surface area contributed by atoms with Crippen molar-refractivity contribution in [3.05, 3.63) is 6.92 Å². The Morgan fingerprint density at radius 2 is 2.07 bits per heavy atom. The number of fused-ring (bicyclic) bond motifs is 2. The highest BCUT2D eigenvalue weighted by Gasteiger charge is 2.62. The SMILES string of the molecule is [CH2]C(=O)OC1CC2CCC1(C)C2(C)C. The van der Waals surface area contributed by atoms with Crippen LogP contribution in [0, 0.1) is 23.7 Å². The van der Waals surface area contributed by atoms with Gasteiger partial charge in [-0.2, -0.15) is 0 Å². The molecule has 14 heavy (non-hydrogen) atoms. The Kier molecular flexibility index (Phi) is 1.96. The average molecular weight is 195 g/mol. The molecule has 0 spiro atoms. The Morgan fingerprint density at radius 3 is 2.43 bits per heavy atom. The molecule has 1 radical (unpaired) electrons. The quantitative estimate of drug-likeness (QED) is 0.601. The van der Waals surface area contributed by atoms with E-state index in [4.69, 9.17) is 4.74 Å². The standard InChI is InChI=1S/C12H19O2/c1-8(13)14-10-7-9-5-6-12(10,4)11(9,2)3/h9-10H,1,5-7H2,2-4H3. The summed E-state index contributed by atoms with van der Waals surface area (Å²) in [5.74, 6) is 0.344. The topological polar surface area (TPSA) is 26.3 Å². The van der Waals surface area contributed by atoms with Crippen molar-refractivity contribution in [1.82, 2.24) is 0 Å². The van der Waals surface area contributed by atoms with E-state index < -0.39 is 0 Å². The molecule has 3 atom stereocenters. The van der Waals surface area contributed by atoms with Crippen LogP contribution in [0.4, 0.5) is 0 Å². The van der Waals surface area contributed by atoms with Gasteiger partial charge in [-0.3, -0.25) is 4.79 Å². The van der Waals surface area contributed by atoms with Gasteiger partial charge in [-0.25, -0.2) is 0 Å². The Bertz CT molecular complexity index is 269. The van der Waals surface area contributed by atoms with Gasteiger partial charge < -0.3 is 4.74 Å². The minimum absolute atomic E-state index is 0.0984. The van der Waals surface area contributed by atoms with Gasteiger partial charge in [0, 0.05) is 5.41 Å². The summed E-state index contributed by atoms with van der Waals surface area (Å²) in [4.78, 5) is 10.9. The summed E-state index contributed by atoms with van der Waals surface area (Å²) in [5.41, 5.74) is 0.484. The fourth-order valence-electron chi connectivity index (χ4n) is 3.47. The lowest BCUT2D eigenvalue weighted by Crippen LogP contribution is -2.37. The average Bonchev–Trinajstić information content (AvgIpc) is 2.35. The van der Waals surface area contributed by atoms with Crippen LogP contribution in [-0.4, -0.2) is 12.1 Å². The molecule has 2 aliphatic rings. The van der Waals surface area contributed by atoms with E-state index in [1.807, 2.05) is 0 Å². The molecule has 0 aromatic carbocycles. The number of ether oxygens (including phenoxy) is 1. The predicted molar refractivity (Wildman–Crippen MR) is 54.5 cm³/mol. The smallest absolute Gasteiger partial charge is 0.306 e. The van der Waals surface area contributed by atoms with Crippen LogP contribution in [0.5, 0.6) is 0 Å². The molecule has 0 aliphatic heterocycles. The molecule has 2 nitrogen and oxygen atoms in total. The summed E-state index contributed by atoms with van der Waals surface area (Å²) < 4.78 is 5.33. The lowest BCUT2D eigenvalue weighted by Gasteiger charge is -2.38. The number of carbonyl (C=O) groups excluding carboxylic acids is 1. The number of hydrogen-bond acceptors (Lipinski definition) is 2. The van der Waals surface area contributed by atoms with Crippen molar-refractivity contribution < 1.29 is 9.53 Å². The molecule has 0 heterocycles. The number of hydrogen-bond donors (Lipinski definition) is 0. The third-order valence-electron chi connectivity index (χ3n) is 4.99. The van der Waals surface area contributed by atoms with Crippen molar-refractivity contribution in [1.29, 1.82) is 0 Å². The van der Waals surface area contributed by atoms with E-state index in [1.165, 1.54) is 12.8 Å². The summed E-state index contributed by atoms with van der Waals surface area (Å²) in [6.45, 7) is 10.2. The Morgan fingerprint density at radius 1 is 1.43 bits per heavy atom. The molecule has 2 aliphatic carbocycles. The van der Waals surface area contributed by atoms with Gasteiger partial charge in [-0.05, 0) is 30.6 Å². The molecule has 3 unspecified atom stereocenters. The first-order chi connectivity index (χ1) is 6.38. The molecule has 0 amide bonds. The lowest BCUT2D eigenvalue weighted by molar-refractivity contribution is -0.151. The van der Waals surface area contributed by atoms with E-state index in [0.717, 1.165) is 12.3 Å². The zero-order chi connectivity index (χ0) is 10.6. The van der Waals surface area contributed by atoms with Gasteiger partial charge >= 0.3 is 5.97 Å². The zero-order valence-corrected chi connectivity index (χ0v) is 9.30. The van der Waals surface area contributed by atoms with Gasteiger partial charge in [0.1, 0.15) is 6.10 Å². The maximum Gasteiger partial charge on any atom is 0.306 e. The highest BCUT2D eigenvalue weighted by molar-refractivity contribution is 5.74. The number of rotatable bonds is 1. The summed E-state index contributed by atoms with van der Waals surface area (Å²) in [5, 5.41) is 0. The van der Waals surface area contributed by atoms with Crippen molar-refractivity contribution >= 4 is 5.97 Å². The lowest BCUT2D eigenvalue weighted by atomic mass is 9.70. The van der Waals surface area contributed by atoms with Crippen LogP contribution in [0.25, 0.3) is 0 Å². The highest BCUT2D eigenvalue weighted by Crippen LogP contribution is 2.66. The van der Waals surface area contributed by atoms with E-state index in [9.17, 15) is 4.79 Å². The van der Waals surface area contributed by atoms with Gasteiger partial charge in [-0.1, -0.05) is 20.8 Å². The van der Waals surface area contributed by atoms with Crippen LogP contribution in [0.3, 0.4) is 0 Å². The summed E-state index contributed by atoms with van der Waals surface area (Å²) in [7, 11) is 0. The molecule has 0 N–H and O–H groups in total. The molecule has 0 saturated heterocycles. The Hall–Kier alpha value is -0.530. The van der Waals surface area contributed by atoms with Crippen LogP contribution in [-0.2, 0) is 9.53 Å². The van der Waals surface area contributed by atoms with Crippen molar-refractivity contribution in [3.63, 3.8) is 0 Å². The first kappa shape index (κ1) is 10.0. The molecule has 2 saturated carbocycles. The Labute approximate surface area is 86.0 Å². The van der Waals surface area contributed by atoms with Crippen LogP contribution < -0.4 is 0 Å². The summed E-state index contributed by atoms with van der Waals surface area (Å²) >= 11 is 0. The normalized spacial score (nSPS) is 44.0. The minimum atomic E-state index is -0.375. The molecule has 79 valence electrons. The van der Waals surface area contributed by atoms with Crippen molar-refractivity contribution in [2.45, 2.75) is 46.1 Å². The van der Waals surface area contributed by atoms with Gasteiger partial charge in [0.05, 0.1) is 6.92 Å². The van der Waals surface area contributed by atoms with Gasteiger partial charge in [-0.15, -0.1) is 0 Å². The molecular formula is C12H19O2. The first-order valence-corrected chi connectivity index (χ1v) is 5.40. The Balaban J connectivity index is 2.23. The summed E-state index contributed by atoms with van der Waals surface area (Å²) in [6.07, 6.45) is 3.60. The maximum atomic E-state index is 10.9. The first-order valence-electron chi connectivity index (χ1n) is 5.40. The number of carbonyl (C=O) groups is 1. The summed E-state index contributed by atoms with van der Waals surface area (Å²) in [6, 6.07) is 0. The fraction of sp³-hybridized carbons (Fsp3) is 0.833. The molecule has 2 bridgehead atoms. The molecule has 0 aromatic heterocycles. The largest absolute Gasteiger partial charge is 0.462 e. The van der Waals surface area contributed by atoms with Gasteiger partial charge in [0.2, 0.25) is 0 Å². The van der Waals surface area contributed by atoms with Crippen molar-refractivity contribution in [2.24, 2.45) is 16.7 Å².